The third-order valence-corrected chi connectivity index (χ3v) is 5.66. The van der Waals surface area contributed by atoms with E-state index in [2.05, 4.69) is 35.6 Å². The highest BCUT2D eigenvalue weighted by molar-refractivity contribution is 5.92. The number of anilines is 3. The first-order valence-corrected chi connectivity index (χ1v) is 10.8. The van der Waals surface area contributed by atoms with E-state index in [1.165, 1.54) is 4.52 Å². The van der Waals surface area contributed by atoms with Crippen LogP contribution in [0.25, 0.3) is 17.4 Å². The van der Waals surface area contributed by atoms with Crippen LogP contribution in [0.3, 0.4) is 0 Å². The number of hydrogen-bond acceptors (Lipinski definition) is 9. The molecular formula is C22H25N9O2. The number of carbonyl (C=O) groups excluding carboxylic acids is 1. The molecule has 170 valence electrons. The lowest BCUT2D eigenvalue weighted by Gasteiger charge is -2.12. The van der Waals surface area contributed by atoms with Gasteiger partial charge in [0.05, 0.1) is 12.2 Å². The zero-order valence-corrected chi connectivity index (χ0v) is 18.2. The number of rotatable bonds is 7. The summed E-state index contributed by atoms with van der Waals surface area (Å²) in [4.78, 5) is 27.5. The van der Waals surface area contributed by atoms with E-state index in [0.717, 1.165) is 37.2 Å². The number of likely N-dealkylation sites (tertiary alicyclic amines) is 1. The molecule has 4 aromatic rings. The third kappa shape index (κ3) is 4.62. The molecule has 0 saturated carbocycles. The number of nitrogens with two attached hydrogens (primary N) is 1. The van der Waals surface area contributed by atoms with Crippen LogP contribution < -0.4 is 16.4 Å². The van der Waals surface area contributed by atoms with Gasteiger partial charge in [-0.15, -0.1) is 5.10 Å². The predicted octanol–water partition coefficient (Wildman–Crippen LogP) is 1.91. The van der Waals surface area contributed by atoms with E-state index in [9.17, 15) is 4.79 Å². The molecule has 33 heavy (non-hydrogen) atoms. The Hall–Kier alpha value is -3.99. The van der Waals surface area contributed by atoms with Crippen LogP contribution in [-0.2, 0) is 11.2 Å². The largest absolute Gasteiger partial charge is 0.461 e. The van der Waals surface area contributed by atoms with E-state index in [1.807, 2.05) is 31.3 Å². The summed E-state index contributed by atoms with van der Waals surface area (Å²) in [5.41, 5.74) is 7.95. The molecule has 1 aliphatic rings. The van der Waals surface area contributed by atoms with Gasteiger partial charge in [-0.3, -0.25) is 4.79 Å². The first-order chi connectivity index (χ1) is 16.0. The highest BCUT2D eigenvalue weighted by Crippen LogP contribution is 2.19. The van der Waals surface area contributed by atoms with Crippen molar-refractivity contribution in [1.82, 2.24) is 29.5 Å². The molecule has 1 saturated heterocycles. The number of aromatic nitrogens is 5. The molecule has 1 atom stereocenters. The van der Waals surface area contributed by atoms with Crippen LogP contribution in [0.1, 0.15) is 12.0 Å². The second-order valence-corrected chi connectivity index (χ2v) is 8.14. The smallest absolute Gasteiger partial charge is 0.259 e. The molecule has 11 nitrogen and oxygen atoms in total. The number of furan rings is 1. The number of hydrogen-bond donors (Lipinski definition) is 3. The predicted molar refractivity (Wildman–Crippen MR) is 124 cm³/mol. The monoisotopic (exact) mass is 447 g/mol. The molecule has 11 heteroatoms. The summed E-state index contributed by atoms with van der Waals surface area (Å²) in [6, 6.07) is 11.4. The van der Waals surface area contributed by atoms with E-state index >= 15 is 0 Å². The zero-order valence-electron chi connectivity index (χ0n) is 18.2. The van der Waals surface area contributed by atoms with Gasteiger partial charge in [-0.2, -0.15) is 19.5 Å². The average molecular weight is 448 g/mol. The maximum Gasteiger partial charge on any atom is 0.259 e. The second kappa shape index (κ2) is 8.87. The van der Waals surface area contributed by atoms with Gasteiger partial charge in [0.2, 0.25) is 23.6 Å². The normalized spacial score (nSPS) is 16.3. The van der Waals surface area contributed by atoms with Crippen molar-refractivity contribution in [2.24, 2.45) is 5.92 Å². The Morgan fingerprint density at radius 1 is 1.21 bits per heavy atom. The number of nitrogens with zero attached hydrogens (tertiary/aromatic N) is 6. The van der Waals surface area contributed by atoms with Crippen molar-refractivity contribution in [3.63, 3.8) is 0 Å². The van der Waals surface area contributed by atoms with E-state index in [1.54, 1.807) is 18.4 Å². The maximum atomic E-state index is 12.4. The fourth-order valence-corrected chi connectivity index (χ4v) is 3.86. The Morgan fingerprint density at radius 3 is 2.79 bits per heavy atom. The van der Waals surface area contributed by atoms with Crippen LogP contribution >= 0.6 is 0 Å². The van der Waals surface area contributed by atoms with Gasteiger partial charge in [0.1, 0.15) is 0 Å². The minimum absolute atomic E-state index is 0.0593. The molecule has 1 aliphatic heterocycles. The fraction of sp³-hybridized carbons (Fsp3) is 0.318. The van der Waals surface area contributed by atoms with Crippen molar-refractivity contribution in [2.45, 2.75) is 12.8 Å². The fourth-order valence-electron chi connectivity index (χ4n) is 3.86. The molecule has 3 aromatic heterocycles. The summed E-state index contributed by atoms with van der Waals surface area (Å²) in [7, 11) is 2.04. The highest BCUT2D eigenvalue weighted by Gasteiger charge is 2.26. The van der Waals surface area contributed by atoms with Crippen LogP contribution in [-0.4, -0.2) is 62.1 Å². The van der Waals surface area contributed by atoms with Gasteiger partial charge in [0.15, 0.2) is 5.76 Å². The van der Waals surface area contributed by atoms with E-state index in [0.29, 0.717) is 29.9 Å². The minimum Gasteiger partial charge on any atom is -0.461 e. The number of nitrogen functional groups attached to an aromatic ring is 1. The van der Waals surface area contributed by atoms with Crippen molar-refractivity contribution < 1.29 is 9.21 Å². The summed E-state index contributed by atoms with van der Waals surface area (Å²) >= 11 is 0. The van der Waals surface area contributed by atoms with Gasteiger partial charge in [0.25, 0.3) is 5.78 Å². The number of carbonyl (C=O) groups is 1. The van der Waals surface area contributed by atoms with Crippen molar-refractivity contribution in [2.75, 3.05) is 43.0 Å². The van der Waals surface area contributed by atoms with Gasteiger partial charge in [-0.25, -0.2) is 0 Å². The Balaban J connectivity index is 1.17. The Bertz CT molecular complexity index is 1250. The van der Waals surface area contributed by atoms with Crippen molar-refractivity contribution in [3.05, 3.63) is 48.2 Å². The standard InChI is InChI=1S/C22H25N9O2/c1-30-11-9-15(13-30)19(32)25-16-6-4-14(5-7-16)8-10-24-21-27-20(23)31-22(28-21)26-18(29-31)17-3-2-12-33-17/h2-7,12,15H,8-11,13H2,1H3,(H,25,32)(H3,23,24,26,27,28,29). The average Bonchev–Trinajstić information content (AvgIpc) is 3.55. The van der Waals surface area contributed by atoms with Crippen molar-refractivity contribution >= 4 is 29.3 Å². The molecule has 0 aliphatic carbocycles. The van der Waals surface area contributed by atoms with Crippen LogP contribution in [0.4, 0.5) is 17.6 Å². The Kier molecular flexibility index (Phi) is 5.61. The third-order valence-electron chi connectivity index (χ3n) is 5.66. The molecule has 0 radical (unpaired) electrons. The molecular weight excluding hydrogens is 422 g/mol. The number of benzene rings is 1. The molecule has 0 bridgehead atoms. The highest BCUT2D eigenvalue weighted by atomic mass is 16.3. The van der Waals surface area contributed by atoms with Crippen molar-refractivity contribution in [1.29, 1.82) is 0 Å². The number of nitrogens with one attached hydrogen (secondary N) is 2. The number of fused-ring (bicyclic) bond motifs is 1. The summed E-state index contributed by atoms with van der Waals surface area (Å²) < 4.78 is 6.70. The first-order valence-electron chi connectivity index (χ1n) is 10.8. The lowest BCUT2D eigenvalue weighted by Crippen LogP contribution is -2.25. The van der Waals surface area contributed by atoms with Gasteiger partial charge in [0, 0.05) is 18.8 Å². The topological polar surface area (TPSA) is 140 Å². The van der Waals surface area contributed by atoms with Gasteiger partial charge >= 0.3 is 0 Å². The molecule has 1 aromatic carbocycles. The molecule has 0 spiro atoms. The Morgan fingerprint density at radius 2 is 2.06 bits per heavy atom. The quantitative estimate of drug-likeness (QED) is 0.387. The molecule has 5 rings (SSSR count). The first kappa shape index (κ1) is 20.9. The number of amides is 1. The summed E-state index contributed by atoms with van der Waals surface area (Å²) in [6.07, 6.45) is 3.21. The van der Waals surface area contributed by atoms with Gasteiger partial charge in [-0.1, -0.05) is 12.1 Å². The van der Waals surface area contributed by atoms with Gasteiger partial charge in [-0.05, 0) is 56.3 Å². The lowest BCUT2D eigenvalue weighted by atomic mass is 10.1. The van der Waals surface area contributed by atoms with Crippen LogP contribution in [0.2, 0.25) is 0 Å². The van der Waals surface area contributed by atoms with Gasteiger partial charge < -0.3 is 25.7 Å². The Labute approximate surface area is 190 Å². The molecule has 4 heterocycles. The lowest BCUT2D eigenvalue weighted by molar-refractivity contribution is -0.119. The SMILES string of the molecule is CN1CCC(C(=O)Nc2ccc(CCNc3nc(N)n4nc(-c5ccco5)nc4n3)cc2)C1. The molecule has 4 N–H and O–H groups in total. The summed E-state index contributed by atoms with van der Waals surface area (Å²) in [5, 5.41) is 10.5. The summed E-state index contributed by atoms with van der Waals surface area (Å²) in [5.74, 6) is 1.97. The van der Waals surface area contributed by atoms with Crippen molar-refractivity contribution in [3.8, 4) is 11.6 Å². The molecule has 1 amide bonds. The van der Waals surface area contributed by atoms with Crippen LogP contribution in [0.15, 0.2) is 47.1 Å². The van der Waals surface area contributed by atoms with Crippen LogP contribution in [0, 0.1) is 5.92 Å². The molecule has 1 unspecified atom stereocenters. The summed E-state index contributed by atoms with van der Waals surface area (Å²) in [6.45, 7) is 2.39. The minimum atomic E-state index is 0.0593. The van der Waals surface area contributed by atoms with Crippen LogP contribution in [0.5, 0.6) is 0 Å². The second-order valence-electron chi connectivity index (χ2n) is 8.14. The van der Waals surface area contributed by atoms with E-state index < -0.39 is 0 Å². The molecule has 1 fully saturated rings. The zero-order chi connectivity index (χ0) is 22.8. The van der Waals surface area contributed by atoms with E-state index in [-0.39, 0.29) is 17.8 Å². The van der Waals surface area contributed by atoms with E-state index in [4.69, 9.17) is 10.2 Å². The maximum absolute atomic E-state index is 12.4.